The van der Waals surface area contributed by atoms with Crippen molar-refractivity contribution in [3.63, 3.8) is 0 Å². The number of aromatic nitrogens is 3. The number of fused-ring (bicyclic) bond motifs is 1. The second-order valence-corrected chi connectivity index (χ2v) is 7.40. The van der Waals surface area contributed by atoms with E-state index in [9.17, 15) is 9.59 Å². The quantitative estimate of drug-likeness (QED) is 0.479. The summed E-state index contributed by atoms with van der Waals surface area (Å²) in [6, 6.07) is 9.61. The number of ether oxygens (including phenoxy) is 1. The number of carbonyl (C=O) groups excluding carboxylic acids is 2. The van der Waals surface area contributed by atoms with Crippen molar-refractivity contribution in [2.75, 3.05) is 5.32 Å². The number of carbonyl (C=O) groups is 2. The Kier molecular flexibility index (Phi) is 6.20. The van der Waals surface area contributed by atoms with Gasteiger partial charge in [-0.05, 0) is 38.5 Å². The maximum atomic E-state index is 12.3. The monoisotopic (exact) mass is 398 g/mol. The molecular formula is C20H22N4O3S. The van der Waals surface area contributed by atoms with Crippen LogP contribution >= 0.6 is 11.3 Å². The molecule has 0 fully saturated rings. The summed E-state index contributed by atoms with van der Waals surface area (Å²) < 4.78 is 7.97. The van der Waals surface area contributed by atoms with Crippen LogP contribution in [0.5, 0.6) is 0 Å². The third-order valence-corrected chi connectivity index (χ3v) is 5.27. The Morgan fingerprint density at radius 1 is 1.29 bits per heavy atom. The molecule has 0 saturated carbocycles. The smallest absolute Gasteiger partial charge is 0.331 e. The van der Waals surface area contributed by atoms with Crippen molar-refractivity contribution in [1.82, 2.24) is 14.8 Å². The number of nitrogens with zero attached hydrogens (tertiary/aromatic N) is 3. The van der Waals surface area contributed by atoms with Crippen LogP contribution in [0.15, 0.2) is 42.6 Å². The Morgan fingerprint density at radius 3 is 2.82 bits per heavy atom. The Bertz CT molecular complexity index is 975. The number of rotatable bonds is 7. The van der Waals surface area contributed by atoms with Gasteiger partial charge in [0.1, 0.15) is 10.8 Å². The molecular weight excluding hydrogens is 376 g/mol. The van der Waals surface area contributed by atoms with E-state index in [0.717, 1.165) is 16.6 Å². The van der Waals surface area contributed by atoms with Crippen molar-refractivity contribution in [3.05, 3.63) is 47.6 Å². The second-order valence-electron chi connectivity index (χ2n) is 6.34. The molecule has 3 aromatic rings. The van der Waals surface area contributed by atoms with Gasteiger partial charge in [0.05, 0.1) is 22.5 Å². The maximum Gasteiger partial charge on any atom is 0.331 e. The molecule has 7 nitrogen and oxygen atoms in total. The van der Waals surface area contributed by atoms with Crippen LogP contribution in [0.4, 0.5) is 5.82 Å². The normalized spacial score (nSPS) is 13.5. The van der Waals surface area contributed by atoms with Gasteiger partial charge in [-0.2, -0.15) is 5.10 Å². The van der Waals surface area contributed by atoms with Gasteiger partial charge < -0.3 is 10.1 Å². The molecule has 1 N–H and O–H groups in total. The summed E-state index contributed by atoms with van der Waals surface area (Å²) in [5.74, 6) is -0.434. The van der Waals surface area contributed by atoms with E-state index in [4.69, 9.17) is 4.74 Å². The van der Waals surface area contributed by atoms with Gasteiger partial charge in [0.25, 0.3) is 5.91 Å². The van der Waals surface area contributed by atoms with E-state index < -0.39 is 18.0 Å². The summed E-state index contributed by atoms with van der Waals surface area (Å²) in [5, 5.41) is 7.67. The molecule has 1 aromatic carbocycles. The first-order chi connectivity index (χ1) is 13.5. The highest BCUT2D eigenvalue weighted by Crippen LogP contribution is 2.22. The van der Waals surface area contributed by atoms with Crippen molar-refractivity contribution in [3.8, 4) is 0 Å². The standard InChI is InChI=1S/C20H22N4O3S/c1-4-13(2)24-17(11-12-21-24)23-20(26)14(3)27-19(25)10-9-18-22-15-7-5-6-8-16(15)28-18/h5-14H,4H2,1-3H3,(H,23,26)/b10-9+/t13-,14-/m0/s1. The number of thiazole rings is 1. The number of amides is 1. The van der Waals surface area contributed by atoms with E-state index in [2.05, 4.69) is 15.4 Å². The van der Waals surface area contributed by atoms with Crippen molar-refractivity contribution >= 4 is 45.3 Å². The second kappa shape index (κ2) is 8.79. The van der Waals surface area contributed by atoms with E-state index in [-0.39, 0.29) is 6.04 Å². The molecule has 8 heteroatoms. The van der Waals surface area contributed by atoms with E-state index in [1.807, 2.05) is 38.1 Å². The third kappa shape index (κ3) is 4.64. The van der Waals surface area contributed by atoms with Gasteiger partial charge in [-0.15, -0.1) is 11.3 Å². The zero-order valence-corrected chi connectivity index (χ0v) is 16.8. The molecule has 0 aliphatic carbocycles. The fourth-order valence-electron chi connectivity index (χ4n) is 2.53. The zero-order valence-electron chi connectivity index (χ0n) is 16.0. The minimum atomic E-state index is -0.937. The number of nitrogens with one attached hydrogen (secondary N) is 1. The third-order valence-electron chi connectivity index (χ3n) is 4.26. The molecule has 0 saturated heterocycles. The molecule has 0 aliphatic heterocycles. The van der Waals surface area contributed by atoms with Crippen LogP contribution in [-0.4, -0.2) is 32.7 Å². The van der Waals surface area contributed by atoms with Crippen LogP contribution in [0.2, 0.25) is 0 Å². The Morgan fingerprint density at radius 2 is 2.07 bits per heavy atom. The lowest BCUT2D eigenvalue weighted by Crippen LogP contribution is -2.30. The number of hydrogen-bond acceptors (Lipinski definition) is 6. The topological polar surface area (TPSA) is 86.1 Å². The molecule has 1 amide bonds. The first kappa shape index (κ1) is 19.8. The minimum absolute atomic E-state index is 0.153. The highest BCUT2D eigenvalue weighted by atomic mass is 32.1. The fourth-order valence-corrected chi connectivity index (χ4v) is 3.40. The average Bonchev–Trinajstić information content (AvgIpc) is 3.32. The SMILES string of the molecule is CC[C@H](C)n1nccc1NC(=O)[C@H](C)OC(=O)/C=C/c1nc2ccccc2s1. The van der Waals surface area contributed by atoms with Gasteiger partial charge in [0.2, 0.25) is 0 Å². The van der Waals surface area contributed by atoms with Crippen molar-refractivity contribution in [2.45, 2.75) is 39.3 Å². The lowest BCUT2D eigenvalue weighted by atomic mass is 10.3. The Labute approximate surface area is 167 Å². The predicted octanol–water partition coefficient (Wildman–Crippen LogP) is 4.05. The number of anilines is 1. The van der Waals surface area contributed by atoms with Crippen LogP contribution in [0, 0.1) is 0 Å². The van der Waals surface area contributed by atoms with Gasteiger partial charge in [0, 0.05) is 12.1 Å². The molecule has 0 aliphatic rings. The average molecular weight is 398 g/mol. The van der Waals surface area contributed by atoms with E-state index >= 15 is 0 Å². The largest absolute Gasteiger partial charge is 0.449 e. The summed E-state index contributed by atoms with van der Waals surface area (Å²) in [7, 11) is 0. The summed E-state index contributed by atoms with van der Waals surface area (Å²) in [6.45, 7) is 5.59. The lowest BCUT2D eigenvalue weighted by Gasteiger charge is -2.16. The van der Waals surface area contributed by atoms with Gasteiger partial charge in [-0.25, -0.2) is 14.5 Å². The molecule has 146 valence electrons. The van der Waals surface area contributed by atoms with Crippen LogP contribution in [-0.2, 0) is 14.3 Å². The molecule has 2 aromatic heterocycles. The van der Waals surface area contributed by atoms with Crippen LogP contribution in [0.25, 0.3) is 16.3 Å². The lowest BCUT2D eigenvalue weighted by molar-refractivity contribution is -0.148. The number of benzene rings is 1. The molecule has 3 rings (SSSR count). The fraction of sp³-hybridized carbons (Fsp3) is 0.300. The van der Waals surface area contributed by atoms with Gasteiger partial charge in [-0.1, -0.05) is 19.1 Å². The first-order valence-corrected chi connectivity index (χ1v) is 9.88. The van der Waals surface area contributed by atoms with Crippen LogP contribution in [0.3, 0.4) is 0 Å². The molecule has 0 spiro atoms. The summed E-state index contributed by atoms with van der Waals surface area (Å²) in [6.07, 6.45) is 4.44. The van der Waals surface area contributed by atoms with E-state index in [1.54, 1.807) is 23.0 Å². The highest BCUT2D eigenvalue weighted by Gasteiger charge is 2.19. The molecule has 0 bridgehead atoms. The van der Waals surface area contributed by atoms with E-state index in [0.29, 0.717) is 10.8 Å². The summed E-state index contributed by atoms with van der Waals surface area (Å²) >= 11 is 1.48. The molecule has 2 heterocycles. The zero-order chi connectivity index (χ0) is 20.1. The van der Waals surface area contributed by atoms with Crippen molar-refractivity contribution < 1.29 is 14.3 Å². The van der Waals surface area contributed by atoms with Crippen molar-refractivity contribution in [1.29, 1.82) is 0 Å². The Balaban J connectivity index is 1.57. The van der Waals surface area contributed by atoms with Crippen LogP contribution < -0.4 is 5.32 Å². The number of hydrogen-bond donors (Lipinski definition) is 1. The number of para-hydroxylation sites is 1. The van der Waals surface area contributed by atoms with Gasteiger partial charge >= 0.3 is 5.97 Å². The Hall–Kier alpha value is -3.00. The first-order valence-electron chi connectivity index (χ1n) is 9.06. The predicted molar refractivity (Wildman–Crippen MR) is 110 cm³/mol. The molecule has 28 heavy (non-hydrogen) atoms. The van der Waals surface area contributed by atoms with Gasteiger partial charge in [-0.3, -0.25) is 4.79 Å². The highest BCUT2D eigenvalue weighted by molar-refractivity contribution is 7.19. The van der Waals surface area contributed by atoms with E-state index in [1.165, 1.54) is 24.3 Å². The summed E-state index contributed by atoms with van der Waals surface area (Å²) in [5.41, 5.74) is 0.881. The molecule has 0 unspecified atom stereocenters. The van der Waals surface area contributed by atoms with Crippen molar-refractivity contribution in [2.24, 2.45) is 0 Å². The minimum Gasteiger partial charge on any atom is -0.449 e. The van der Waals surface area contributed by atoms with Gasteiger partial charge in [0.15, 0.2) is 6.10 Å². The summed E-state index contributed by atoms with van der Waals surface area (Å²) in [4.78, 5) is 28.8. The molecule has 0 radical (unpaired) electrons. The molecule has 2 atom stereocenters. The number of esters is 1. The van der Waals surface area contributed by atoms with Crippen LogP contribution in [0.1, 0.15) is 38.2 Å². The maximum absolute atomic E-state index is 12.3.